The monoisotopic (exact) mass is 224 g/mol. The molecular formula is C11H13FN2O2. The molecule has 0 aliphatic rings. The normalized spacial score (nSPS) is 14.2. The molecule has 0 saturated carbocycles. The Bertz CT molecular complexity index is 403. The van der Waals surface area contributed by atoms with Gasteiger partial charge in [-0.2, -0.15) is 5.26 Å². The minimum absolute atomic E-state index is 0.0833. The average Bonchev–Trinajstić information content (AvgIpc) is 2.29. The standard InChI is InChI=1S/C11H13FN2O2/c12-9-2-1-7(6-14)5-8(9)11(16)10(15)3-4-13/h1-2,5,10-11,15-16H,3-4,13H2. The highest BCUT2D eigenvalue weighted by Gasteiger charge is 2.21. The molecule has 4 N–H and O–H groups in total. The molecule has 0 aromatic heterocycles. The minimum atomic E-state index is -1.36. The van der Waals surface area contributed by atoms with E-state index in [1.165, 1.54) is 12.1 Å². The lowest BCUT2D eigenvalue weighted by Gasteiger charge is -2.18. The molecule has 86 valence electrons. The second kappa shape index (κ2) is 5.56. The van der Waals surface area contributed by atoms with Gasteiger partial charge in [0.05, 0.1) is 17.7 Å². The molecule has 0 saturated heterocycles. The lowest BCUT2D eigenvalue weighted by molar-refractivity contribution is 0.0129. The van der Waals surface area contributed by atoms with E-state index in [9.17, 15) is 14.6 Å². The lowest BCUT2D eigenvalue weighted by atomic mass is 10.00. The Morgan fingerprint density at radius 3 is 2.69 bits per heavy atom. The molecule has 1 aromatic carbocycles. The maximum Gasteiger partial charge on any atom is 0.129 e. The number of rotatable bonds is 4. The number of aliphatic hydroxyl groups is 2. The summed E-state index contributed by atoms with van der Waals surface area (Å²) in [7, 11) is 0. The van der Waals surface area contributed by atoms with Gasteiger partial charge in [0.15, 0.2) is 0 Å². The molecule has 0 radical (unpaired) electrons. The number of nitrogens with zero attached hydrogens (tertiary/aromatic N) is 1. The number of benzene rings is 1. The SMILES string of the molecule is N#Cc1ccc(F)c(C(O)C(O)CCN)c1. The summed E-state index contributed by atoms with van der Waals surface area (Å²) in [5, 5.41) is 27.8. The topological polar surface area (TPSA) is 90.3 Å². The van der Waals surface area contributed by atoms with Crippen LogP contribution in [-0.4, -0.2) is 22.9 Å². The summed E-state index contributed by atoms with van der Waals surface area (Å²) in [5.74, 6) is -0.650. The predicted molar refractivity (Wildman–Crippen MR) is 55.8 cm³/mol. The van der Waals surface area contributed by atoms with Crippen LogP contribution in [0.3, 0.4) is 0 Å². The summed E-state index contributed by atoms with van der Waals surface area (Å²) in [6, 6.07) is 5.45. The van der Waals surface area contributed by atoms with Crippen LogP contribution in [0.15, 0.2) is 18.2 Å². The quantitative estimate of drug-likeness (QED) is 0.692. The van der Waals surface area contributed by atoms with Crippen LogP contribution < -0.4 is 5.73 Å². The van der Waals surface area contributed by atoms with Crippen LogP contribution in [0, 0.1) is 17.1 Å². The van der Waals surface area contributed by atoms with Gasteiger partial charge in [-0.15, -0.1) is 0 Å². The highest BCUT2D eigenvalue weighted by molar-refractivity contribution is 5.35. The Balaban J connectivity index is 2.98. The van der Waals surface area contributed by atoms with Crippen molar-refractivity contribution < 1.29 is 14.6 Å². The Labute approximate surface area is 92.7 Å². The first-order chi connectivity index (χ1) is 7.60. The second-order valence-electron chi connectivity index (χ2n) is 3.44. The molecule has 0 aliphatic carbocycles. The zero-order valence-electron chi connectivity index (χ0n) is 8.60. The van der Waals surface area contributed by atoms with E-state index in [0.29, 0.717) is 0 Å². The van der Waals surface area contributed by atoms with Gasteiger partial charge in [0.1, 0.15) is 11.9 Å². The maximum atomic E-state index is 13.3. The van der Waals surface area contributed by atoms with Crippen LogP contribution in [-0.2, 0) is 0 Å². The third-order valence-electron chi connectivity index (χ3n) is 2.27. The molecule has 0 amide bonds. The van der Waals surface area contributed by atoms with Crippen molar-refractivity contribution in [3.8, 4) is 6.07 Å². The average molecular weight is 224 g/mol. The number of halogens is 1. The summed E-state index contributed by atoms with van der Waals surface area (Å²) in [6.45, 7) is 0.192. The van der Waals surface area contributed by atoms with Crippen molar-refractivity contribution in [3.05, 3.63) is 35.1 Å². The minimum Gasteiger partial charge on any atom is -0.390 e. The predicted octanol–water partition coefficient (Wildman–Crippen LogP) is 0.440. The molecule has 1 aromatic rings. The molecule has 0 aliphatic heterocycles. The van der Waals surface area contributed by atoms with E-state index in [1.807, 2.05) is 6.07 Å². The number of nitrogens with two attached hydrogens (primary N) is 1. The molecule has 16 heavy (non-hydrogen) atoms. The van der Waals surface area contributed by atoms with Crippen molar-refractivity contribution >= 4 is 0 Å². The lowest BCUT2D eigenvalue weighted by Crippen LogP contribution is -2.22. The zero-order valence-corrected chi connectivity index (χ0v) is 8.60. The number of hydrogen-bond acceptors (Lipinski definition) is 4. The van der Waals surface area contributed by atoms with Crippen molar-refractivity contribution in [2.75, 3.05) is 6.54 Å². The van der Waals surface area contributed by atoms with E-state index in [1.54, 1.807) is 0 Å². The Kier molecular flexibility index (Phi) is 4.38. The van der Waals surface area contributed by atoms with Crippen LogP contribution >= 0.6 is 0 Å². The van der Waals surface area contributed by atoms with E-state index in [-0.39, 0.29) is 24.1 Å². The summed E-state index contributed by atoms with van der Waals surface area (Å²) < 4.78 is 13.3. The fourth-order valence-electron chi connectivity index (χ4n) is 1.38. The summed E-state index contributed by atoms with van der Waals surface area (Å²) in [4.78, 5) is 0. The number of aliphatic hydroxyl groups excluding tert-OH is 2. The molecule has 5 heteroatoms. The molecule has 2 unspecified atom stereocenters. The smallest absolute Gasteiger partial charge is 0.129 e. The van der Waals surface area contributed by atoms with E-state index in [2.05, 4.69) is 0 Å². The molecule has 0 spiro atoms. The fourth-order valence-corrected chi connectivity index (χ4v) is 1.38. The van der Waals surface area contributed by atoms with Crippen molar-refractivity contribution in [2.45, 2.75) is 18.6 Å². The third kappa shape index (κ3) is 2.76. The number of nitriles is 1. The van der Waals surface area contributed by atoms with Gasteiger partial charge in [0.2, 0.25) is 0 Å². The van der Waals surface area contributed by atoms with Gasteiger partial charge < -0.3 is 15.9 Å². The summed E-state index contributed by atoms with van der Waals surface area (Å²) in [6.07, 6.45) is -2.33. The van der Waals surface area contributed by atoms with E-state index < -0.39 is 18.0 Å². The summed E-state index contributed by atoms with van der Waals surface area (Å²) in [5.41, 5.74) is 5.37. The molecule has 1 rings (SSSR count). The third-order valence-corrected chi connectivity index (χ3v) is 2.27. The van der Waals surface area contributed by atoms with Gasteiger partial charge in [-0.3, -0.25) is 0 Å². The van der Waals surface area contributed by atoms with E-state index in [4.69, 9.17) is 11.0 Å². The van der Waals surface area contributed by atoms with Crippen LogP contribution in [0.4, 0.5) is 4.39 Å². The van der Waals surface area contributed by atoms with Crippen LogP contribution in [0.1, 0.15) is 23.7 Å². The maximum absolute atomic E-state index is 13.3. The zero-order chi connectivity index (χ0) is 12.1. The van der Waals surface area contributed by atoms with Gasteiger partial charge in [-0.05, 0) is 31.2 Å². The molecule has 0 bridgehead atoms. The van der Waals surface area contributed by atoms with Gasteiger partial charge in [-0.25, -0.2) is 4.39 Å². The summed E-state index contributed by atoms with van der Waals surface area (Å²) >= 11 is 0. The van der Waals surface area contributed by atoms with Crippen molar-refractivity contribution in [2.24, 2.45) is 5.73 Å². The second-order valence-corrected chi connectivity index (χ2v) is 3.44. The van der Waals surface area contributed by atoms with E-state index >= 15 is 0 Å². The van der Waals surface area contributed by atoms with Crippen molar-refractivity contribution in [1.82, 2.24) is 0 Å². The van der Waals surface area contributed by atoms with Crippen LogP contribution in [0.5, 0.6) is 0 Å². The number of hydrogen-bond donors (Lipinski definition) is 3. The Morgan fingerprint density at radius 1 is 1.44 bits per heavy atom. The van der Waals surface area contributed by atoms with Gasteiger partial charge >= 0.3 is 0 Å². The van der Waals surface area contributed by atoms with Gasteiger partial charge in [0.25, 0.3) is 0 Å². The first-order valence-corrected chi connectivity index (χ1v) is 4.86. The van der Waals surface area contributed by atoms with Crippen LogP contribution in [0.25, 0.3) is 0 Å². The molecule has 0 heterocycles. The first kappa shape index (κ1) is 12.6. The first-order valence-electron chi connectivity index (χ1n) is 4.86. The molecule has 4 nitrogen and oxygen atoms in total. The fraction of sp³-hybridized carbons (Fsp3) is 0.364. The molecular weight excluding hydrogens is 211 g/mol. The van der Waals surface area contributed by atoms with Crippen molar-refractivity contribution in [1.29, 1.82) is 5.26 Å². The highest BCUT2D eigenvalue weighted by Crippen LogP contribution is 2.22. The van der Waals surface area contributed by atoms with Gasteiger partial charge in [0, 0.05) is 5.56 Å². The van der Waals surface area contributed by atoms with Crippen molar-refractivity contribution in [3.63, 3.8) is 0 Å². The van der Waals surface area contributed by atoms with Gasteiger partial charge in [-0.1, -0.05) is 0 Å². The highest BCUT2D eigenvalue weighted by atomic mass is 19.1. The van der Waals surface area contributed by atoms with E-state index in [0.717, 1.165) is 6.07 Å². The molecule has 2 atom stereocenters. The Hall–Kier alpha value is -1.48. The molecule has 0 fully saturated rings. The Morgan fingerprint density at radius 2 is 2.12 bits per heavy atom. The van der Waals surface area contributed by atoms with Crippen LogP contribution in [0.2, 0.25) is 0 Å². The largest absolute Gasteiger partial charge is 0.390 e.